The molecular formula is C31H32N2O6. The van der Waals surface area contributed by atoms with Crippen LogP contribution in [0.25, 0.3) is 10.8 Å². The van der Waals surface area contributed by atoms with E-state index in [1.807, 2.05) is 73.7 Å². The molecule has 4 aromatic rings. The molecule has 3 aromatic carbocycles. The summed E-state index contributed by atoms with van der Waals surface area (Å²) < 4.78 is 22.0. The number of carbonyl (C=O) groups is 2. The first kappa shape index (κ1) is 26.3. The van der Waals surface area contributed by atoms with Gasteiger partial charge in [-0.15, -0.1) is 0 Å². The lowest BCUT2D eigenvalue weighted by Crippen LogP contribution is -2.43. The number of rotatable bonds is 12. The molecule has 0 spiro atoms. The standard InChI is InChI=1S/C31H32N2O6/c1-2-36-15-6-14-32(31(35)26-12-11-24-7-3-4-8-25(24)18-26)21-30(34)33(20-27-9-5-16-37-27)19-23-10-13-28-29(17-23)39-22-38-28/h3-5,7-13,16-18H,2,6,14-15,19-22H2,1H3. The smallest absolute Gasteiger partial charge is 0.254 e. The molecule has 1 aromatic heterocycles. The molecule has 5 rings (SSSR count). The van der Waals surface area contributed by atoms with Gasteiger partial charge in [-0.3, -0.25) is 9.59 Å². The number of fused-ring (bicyclic) bond motifs is 2. The molecule has 39 heavy (non-hydrogen) atoms. The maximum Gasteiger partial charge on any atom is 0.254 e. The van der Waals surface area contributed by atoms with E-state index in [0.29, 0.717) is 55.5 Å². The Hall–Kier alpha value is -4.30. The third-order valence-corrected chi connectivity index (χ3v) is 6.62. The maximum atomic E-state index is 13.8. The first-order chi connectivity index (χ1) is 19.1. The van der Waals surface area contributed by atoms with Crippen LogP contribution in [-0.4, -0.2) is 54.7 Å². The van der Waals surface area contributed by atoms with E-state index < -0.39 is 0 Å². The van der Waals surface area contributed by atoms with Crippen LogP contribution in [-0.2, 0) is 22.6 Å². The maximum absolute atomic E-state index is 13.8. The summed E-state index contributed by atoms with van der Waals surface area (Å²) in [6, 6.07) is 22.8. The van der Waals surface area contributed by atoms with Gasteiger partial charge in [-0.25, -0.2) is 0 Å². The van der Waals surface area contributed by atoms with Gasteiger partial charge < -0.3 is 28.4 Å². The van der Waals surface area contributed by atoms with Crippen LogP contribution in [0.1, 0.15) is 35.0 Å². The fraction of sp³-hybridized carbons (Fsp3) is 0.290. The van der Waals surface area contributed by atoms with E-state index in [1.165, 1.54) is 0 Å². The van der Waals surface area contributed by atoms with Crippen LogP contribution in [0.5, 0.6) is 11.5 Å². The molecule has 0 saturated carbocycles. The van der Waals surface area contributed by atoms with Gasteiger partial charge in [-0.2, -0.15) is 0 Å². The van der Waals surface area contributed by atoms with Gasteiger partial charge in [0.1, 0.15) is 12.3 Å². The third-order valence-electron chi connectivity index (χ3n) is 6.62. The molecule has 0 aliphatic carbocycles. The molecule has 8 heteroatoms. The first-order valence-electron chi connectivity index (χ1n) is 13.1. The molecule has 8 nitrogen and oxygen atoms in total. The Morgan fingerprint density at radius 1 is 0.872 bits per heavy atom. The zero-order valence-electron chi connectivity index (χ0n) is 22.0. The van der Waals surface area contributed by atoms with Crippen molar-refractivity contribution in [1.82, 2.24) is 9.80 Å². The lowest BCUT2D eigenvalue weighted by molar-refractivity contribution is -0.133. The molecular weight excluding hydrogens is 496 g/mol. The monoisotopic (exact) mass is 528 g/mol. The number of amides is 2. The average Bonchev–Trinajstić information content (AvgIpc) is 3.65. The number of carbonyl (C=O) groups excluding carboxylic acids is 2. The van der Waals surface area contributed by atoms with Crippen molar-refractivity contribution in [3.63, 3.8) is 0 Å². The number of ether oxygens (including phenoxy) is 3. The molecule has 0 radical (unpaired) electrons. The van der Waals surface area contributed by atoms with Gasteiger partial charge in [0, 0.05) is 31.9 Å². The molecule has 2 heterocycles. The van der Waals surface area contributed by atoms with Gasteiger partial charge in [-0.1, -0.05) is 36.4 Å². The first-order valence-corrected chi connectivity index (χ1v) is 13.1. The van der Waals surface area contributed by atoms with E-state index in [-0.39, 0.29) is 31.7 Å². The van der Waals surface area contributed by atoms with Crippen molar-refractivity contribution in [3.05, 3.63) is 95.9 Å². The predicted molar refractivity (Wildman–Crippen MR) is 146 cm³/mol. The minimum atomic E-state index is -0.188. The second-order valence-corrected chi connectivity index (χ2v) is 9.36. The van der Waals surface area contributed by atoms with E-state index in [9.17, 15) is 9.59 Å². The molecule has 0 saturated heterocycles. The summed E-state index contributed by atoms with van der Waals surface area (Å²) >= 11 is 0. The van der Waals surface area contributed by atoms with Gasteiger partial charge in [0.25, 0.3) is 5.91 Å². The van der Waals surface area contributed by atoms with Gasteiger partial charge in [0.2, 0.25) is 12.7 Å². The van der Waals surface area contributed by atoms with Crippen LogP contribution in [0.3, 0.4) is 0 Å². The Bertz CT molecular complexity index is 1420. The van der Waals surface area contributed by atoms with Crippen LogP contribution in [0.2, 0.25) is 0 Å². The summed E-state index contributed by atoms with van der Waals surface area (Å²) in [5.41, 5.74) is 1.44. The summed E-state index contributed by atoms with van der Waals surface area (Å²) in [6.45, 7) is 4.17. The summed E-state index contributed by atoms with van der Waals surface area (Å²) in [4.78, 5) is 30.7. The minimum Gasteiger partial charge on any atom is -0.467 e. The summed E-state index contributed by atoms with van der Waals surface area (Å²) in [6.07, 6.45) is 2.21. The van der Waals surface area contributed by atoms with E-state index in [4.69, 9.17) is 18.6 Å². The molecule has 0 N–H and O–H groups in total. The summed E-state index contributed by atoms with van der Waals surface area (Å²) in [5.74, 6) is 1.63. The fourth-order valence-electron chi connectivity index (χ4n) is 4.61. The highest BCUT2D eigenvalue weighted by atomic mass is 16.7. The van der Waals surface area contributed by atoms with Crippen molar-refractivity contribution in [2.45, 2.75) is 26.4 Å². The number of benzene rings is 3. The summed E-state index contributed by atoms with van der Waals surface area (Å²) in [7, 11) is 0. The van der Waals surface area contributed by atoms with Crippen molar-refractivity contribution in [1.29, 1.82) is 0 Å². The van der Waals surface area contributed by atoms with Crippen molar-refractivity contribution in [2.24, 2.45) is 0 Å². The molecule has 1 aliphatic rings. The van der Waals surface area contributed by atoms with Crippen molar-refractivity contribution in [3.8, 4) is 11.5 Å². The zero-order chi connectivity index (χ0) is 27.0. The third kappa shape index (κ3) is 6.59. The second-order valence-electron chi connectivity index (χ2n) is 9.36. The summed E-state index contributed by atoms with van der Waals surface area (Å²) in [5, 5.41) is 2.03. The Morgan fingerprint density at radius 2 is 1.72 bits per heavy atom. The highest BCUT2D eigenvalue weighted by Gasteiger charge is 2.24. The second kappa shape index (κ2) is 12.5. The SMILES string of the molecule is CCOCCCN(CC(=O)N(Cc1ccc2c(c1)OCO2)Cc1ccco1)C(=O)c1ccc2ccccc2c1. The van der Waals surface area contributed by atoms with Crippen LogP contribution >= 0.6 is 0 Å². The number of hydrogen-bond donors (Lipinski definition) is 0. The fourth-order valence-corrected chi connectivity index (χ4v) is 4.61. The molecule has 0 atom stereocenters. The zero-order valence-corrected chi connectivity index (χ0v) is 22.0. The number of hydrogen-bond acceptors (Lipinski definition) is 6. The van der Waals surface area contributed by atoms with Crippen LogP contribution in [0, 0.1) is 0 Å². The Kier molecular flexibility index (Phi) is 8.43. The largest absolute Gasteiger partial charge is 0.467 e. The van der Waals surface area contributed by atoms with E-state index in [2.05, 4.69) is 0 Å². The molecule has 2 amide bonds. The van der Waals surface area contributed by atoms with Gasteiger partial charge in [-0.05, 0) is 66.1 Å². The molecule has 0 fully saturated rings. The Balaban J connectivity index is 1.36. The molecule has 202 valence electrons. The predicted octanol–water partition coefficient (Wildman–Crippen LogP) is 5.26. The quantitative estimate of drug-likeness (QED) is 0.233. The van der Waals surface area contributed by atoms with Crippen LogP contribution in [0.4, 0.5) is 0 Å². The normalized spacial score (nSPS) is 12.0. The van der Waals surface area contributed by atoms with Crippen LogP contribution in [0.15, 0.2) is 83.5 Å². The number of nitrogens with zero attached hydrogens (tertiary/aromatic N) is 2. The van der Waals surface area contributed by atoms with E-state index in [1.54, 1.807) is 22.1 Å². The van der Waals surface area contributed by atoms with Crippen molar-refractivity contribution >= 4 is 22.6 Å². The molecule has 0 bridgehead atoms. The van der Waals surface area contributed by atoms with Gasteiger partial charge in [0.05, 0.1) is 12.8 Å². The highest BCUT2D eigenvalue weighted by Crippen LogP contribution is 2.33. The lowest BCUT2D eigenvalue weighted by atomic mass is 10.1. The topological polar surface area (TPSA) is 81.5 Å². The Labute approximate surface area is 227 Å². The van der Waals surface area contributed by atoms with Crippen molar-refractivity contribution in [2.75, 3.05) is 33.1 Å². The highest BCUT2D eigenvalue weighted by molar-refractivity contribution is 6.00. The lowest BCUT2D eigenvalue weighted by Gasteiger charge is -2.28. The number of furan rings is 1. The molecule has 1 aliphatic heterocycles. The Morgan fingerprint density at radius 3 is 2.54 bits per heavy atom. The van der Waals surface area contributed by atoms with Crippen LogP contribution < -0.4 is 9.47 Å². The van der Waals surface area contributed by atoms with E-state index in [0.717, 1.165) is 16.3 Å². The molecule has 0 unspecified atom stereocenters. The van der Waals surface area contributed by atoms with E-state index >= 15 is 0 Å². The van der Waals surface area contributed by atoms with Crippen molar-refractivity contribution < 1.29 is 28.2 Å². The minimum absolute atomic E-state index is 0.0664. The van der Waals surface area contributed by atoms with Gasteiger partial charge >= 0.3 is 0 Å². The van der Waals surface area contributed by atoms with Gasteiger partial charge in [0.15, 0.2) is 11.5 Å². The average molecular weight is 529 g/mol.